The van der Waals surface area contributed by atoms with Crippen LogP contribution in [0.1, 0.15) is 17.2 Å². The van der Waals surface area contributed by atoms with Crippen molar-refractivity contribution in [1.29, 1.82) is 0 Å². The summed E-state index contributed by atoms with van der Waals surface area (Å²) in [5, 5.41) is 3.97. The average Bonchev–Trinajstić information content (AvgIpc) is 2.14. The van der Waals surface area contributed by atoms with Gasteiger partial charge in [0.15, 0.2) is 0 Å². The number of nitrogens with two attached hydrogens (primary N) is 2. The van der Waals surface area contributed by atoms with E-state index >= 15 is 0 Å². The molecule has 0 bridgehead atoms. The van der Waals surface area contributed by atoms with Crippen LogP contribution in [-0.4, -0.2) is 14.3 Å². The van der Waals surface area contributed by atoms with Crippen molar-refractivity contribution in [2.45, 2.75) is 11.7 Å². The summed E-state index contributed by atoms with van der Waals surface area (Å²) in [6.45, 7) is 0. The fourth-order valence-electron chi connectivity index (χ4n) is 1.27. The van der Waals surface area contributed by atoms with E-state index in [2.05, 4.69) is 0 Å². The Bertz CT molecular complexity index is 442. The summed E-state index contributed by atoms with van der Waals surface area (Å²) in [6, 6.07) is 8.28. The normalized spacial score (nSPS) is 13.4. The molecular weight excluding hydrogens is 216 g/mol. The number of amides is 1. The van der Waals surface area contributed by atoms with Gasteiger partial charge in [0.05, 0.1) is 0 Å². The molecule has 15 heavy (non-hydrogen) atoms. The van der Waals surface area contributed by atoms with Gasteiger partial charge >= 0.3 is 0 Å². The quantitative estimate of drug-likeness (QED) is 0.751. The Hall–Kier alpha value is -1.40. The van der Waals surface area contributed by atoms with E-state index in [4.69, 9.17) is 10.9 Å². The molecule has 1 atom stereocenters. The minimum atomic E-state index is -3.81. The summed E-state index contributed by atoms with van der Waals surface area (Å²) in [7, 11) is -3.81. The van der Waals surface area contributed by atoms with Gasteiger partial charge in [0.1, 0.15) is 5.25 Å². The Morgan fingerprint density at radius 3 is 2.20 bits per heavy atom. The van der Waals surface area contributed by atoms with Gasteiger partial charge in [-0.2, -0.15) is 0 Å². The van der Waals surface area contributed by atoms with Crippen LogP contribution in [0.4, 0.5) is 0 Å². The van der Waals surface area contributed by atoms with Crippen molar-refractivity contribution < 1.29 is 13.2 Å². The lowest BCUT2D eigenvalue weighted by Crippen LogP contribution is -2.26. The van der Waals surface area contributed by atoms with Gasteiger partial charge in [-0.1, -0.05) is 30.3 Å². The first-order valence-electron chi connectivity index (χ1n) is 4.26. The van der Waals surface area contributed by atoms with Crippen molar-refractivity contribution in [2.75, 3.05) is 0 Å². The molecule has 6 heteroatoms. The molecule has 0 heterocycles. The van der Waals surface area contributed by atoms with Crippen LogP contribution in [0.15, 0.2) is 30.3 Å². The molecule has 4 N–H and O–H groups in total. The maximum atomic E-state index is 11.2. The van der Waals surface area contributed by atoms with Crippen molar-refractivity contribution in [2.24, 2.45) is 10.9 Å². The van der Waals surface area contributed by atoms with E-state index < -0.39 is 21.2 Å². The third-order valence-electron chi connectivity index (χ3n) is 1.95. The molecule has 82 valence electrons. The SMILES string of the molecule is NC(=O)CC(c1ccccc1)S(N)(=O)=O. The van der Waals surface area contributed by atoms with Crippen molar-refractivity contribution >= 4 is 15.9 Å². The average molecular weight is 228 g/mol. The van der Waals surface area contributed by atoms with Gasteiger partial charge in [-0.3, -0.25) is 4.79 Å². The Labute approximate surface area is 88.1 Å². The number of hydrogen-bond donors (Lipinski definition) is 2. The van der Waals surface area contributed by atoms with E-state index in [1.165, 1.54) is 0 Å². The second kappa shape index (κ2) is 4.41. The zero-order chi connectivity index (χ0) is 11.5. The molecule has 0 radical (unpaired) electrons. The third-order valence-corrected chi connectivity index (χ3v) is 3.19. The van der Waals surface area contributed by atoms with Crippen LogP contribution >= 0.6 is 0 Å². The first-order valence-corrected chi connectivity index (χ1v) is 5.87. The molecule has 0 fully saturated rings. The highest BCUT2D eigenvalue weighted by Gasteiger charge is 2.25. The number of carbonyl (C=O) groups excluding carboxylic acids is 1. The summed E-state index contributed by atoms with van der Waals surface area (Å²) in [4.78, 5) is 10.7. The first-order chi connectivity index (χ1) is 6.91. The summed E-state index contributed by atoms with van der Waals surface area (Å²) in [5.41, 5.74) is 5.44. The van der Waals surface area contributed by atoms with Gasteiger partial charge in [-0.05, 0) is 5.56 Å². The number of sulfonamides is 1. The Morgan fingerprint density at radius 1 is 1.27 bits per heavy atom. The van der Waals surface area contributed by atoms with E-state index in [1.54, 1.807) is 30.3 Å². The van der Waals surface area contributed by atoms with Gasteiger partial charge in [0.2, 0.25) is 15.9 Å². The van der Waals surface area contributed by atoms with Crippen LogP contribution in [0.2, 0.25) is 0 Å². The molecule has 0 aliphatic rings. The Morgan fingerprint density at radius 2 is 1.80 bits per heavy atom. The van der Waals surface area contributed by atoms with Crippen LogP contribution in [0.3, 0.4) is 0 Å². The summed E-state index contributed by atoms with van der Waals surface area (Å²) < 4.78 is 22.5. The lowest BCUT2D eigenvalue weighted by molar-refractivity contribution is -0.118. The standard InChI is InChI=1S/C9H12N2O3S/c10-9(12)6-8(15(11,13)14)7-4-2-1-3-5-7/h1-5,8H,6H2,(H2,10,12)(H2,11,13,14). The number of benzene rings is 1. The van der Waals surface area contributed by atoms with Crippen molar-refractivity contribution in [1.82, 2.24) is 0 Å². The topological polar surface area (TPSA) is 103 Å². The predicted molar refractivity (Wildman–Crippen MR) is 56.1 cm³/mol. The predicted octanol–water partition coefficient (Wildman–Crippen LogP) is -0.108. The van der Waals surface area contributed by atoms with Crippen LogP contribution in [-0.2, 0) is 14.8 Å². The van der Waals surface area contributed by atoms with Gasteiger partial charge in [-0.25, -0.2) is 13.6 Å². The molecule has 0 aliphatic carbocycles. The van der Waals surface area contributed by atoms with Gasteiger partial charge < -0.3 is 5.73 Å². The lowest BCUT2D eigenvalue weighted by atomic mass is 10.1. The summed E-state index contributed by atoms with van der Waals surface area (Å²) in [5.74, 6) is -0.696. The Kier molecular flexibility index (Phi) is 3.43. The lowest BCUT2D eigenvalue weighted by Gasteiger charge is -2.12. The second-order valence-corrected chi connectivity index (χ2v) is 4.91. The molecule has 1 aromatic carbocycles. The monoisotopic (exact) mass is 228 g/mol. The zero-order valence-corrected chi connectivity index (χ0v) is 8.78. The van der Waals surface area contributed by atoms with E-state index in [0.29, 0.717) is 5.56 Å². The van der Waals surface area contributed by atoms with Crippen LogP contribution in [0, 0.1) is 0 Å². The molecule has 0 aliphatic heterocycles. The maximum Gasteiger partial charge on any atom is 0.219 e. The van der Waals surface area contributed by atoms with Gasteiger partial charge in [-0.15, -0.1) is 0 Å². The fourth-order valence-corrected chi connectivity index (χ4v) is 2.21. The molecule has 1 rings (SSSR count). The highest BCUT2D eigenvalue weighted by molar-refractivity contribution is 7.89. The van der Waals surface area contributed by atoms with Crippen LogP contribution in [0.5, 0.6) is 0 Å². The number of rotatable bonds is 4. The molecule has 5 nitrogen and oxygen atoms in total. The maximum absolute atomic E-state index is 11.2. The molecule has 1 amide bonds. The molecule has 0 spiro atoms. The number of carbonyl (C=O) groups is 1. The highest BCUT2D eigenvalue weighted by atomic mass is 32.2. The van der Waals surface area contributed by atoms with Crippen LogP contribution in [0.25, 0.3) is 0 Å². The fraction of sp³-hybridized carbons (Fsp3) is 0.222. The van der Waals surface area contributed by atoms with Crippen molar-refractivity contribution in [3.8, 4) is 0 Å². The number of primary sulfonamides is 1. The minimum absolute atomic E-state index is 0.303. The van der Waals surface area contributed by atoms with E-state index in [-0.39, 0.29) is 6.42 Å². The van der Waals surface area contributed by atoms with Crippen molar-refractivity contribution in [3.05, 3.63) is 35.9 Å². The Balaban J connectivity index is 3.08. The molecule has 0 aromatic heterocycles. The minimum Gasteiger partial charge on any atom is -0.370 e. The smallest absolute Gasteiger partial charge is 0.219 e. The summed E-state index contributed by atoms with van der Waals surface area (Å²) in [6.07, 6.45) is -0.303. The van der Waals surface area contributed by atoms with E-state index in [1.807, 2.05) is 0 Å². The van der Waals surface area contributed by atoms with E-state index in [0.717, 1.165) is 0 Å². The second-order valence-electron chi connectivity index (χ2n) is 3.16. The van der Waals surface area contributed by atoms with Crippen LogP contribution < -0.4 is 10.9 Å². The van der Waals surface area contributed by atoms with Gasteiger partial charge in [0, 0.05) is 6.42 Å². The summed E-state index contributed by atoms with van der Waals surface area (Å²) >= 11 is 0. The van der Waals surface area contributed by atoms with E-state index in [9.17, 15) is 13.2 Å². The highest BCUT2D eigenvalue weighted by Crippen LogP contribution is 2.23. The third kappa shape index (κ3) is 3.34. The number of hydrogen-bond acceptors (Lipinski definition) is 3. The van der Waals surface area contributed by atoms with Gasteiger partial charge in [0.25, 0.3) is 0 Å². The number of primary amides is 1. The molecule has 0 saturated carbocycles. The first kappa shape index (κ1) is 11.7. The molecule has 1 unspecified atom stereocenters. The zero-order valence-electron chi connectivity index (χ0n) is 7.96. The molecule has 1 aromatic rings. The molecule has 0 saturated heterocycles. The molecular formula is C9H12N2O3S. The van der Waals surface area contributed by atoms with Crippen molar-refractivity contribution in [3.63, 3.8) is 0 Å². The largest absolute Gasteiger partial charge is 0.370 e.